The number of hydrogen-bond acceptors (Lipinski definition) is 7. The molecule has 2 heterocycles. The second-order valence-electron chi connectivity index (χ2n) is 6.02. The maximum atomic E-state index is 11.7. The Balaban J connectivity index is 1.85. The van der Waals surface area contributed by atoms with Crippen molar-refractivity contribution in [2.24, 2.45) is 0 Å². The quantitative estimate of drug-likeness (QED) is 0.816. The number of piperidine rings is 1. The van der Waals surface area contributed by atoms with E-state index in [0.29, 0.717) is 25.6 Å². The van der Waals surface area contributed by atoms with Crippen LogP contribution in [0.15, 0.2) is 6.20 Å². The zero-order valence-corrected chi connectivity index (χ0v) is 14.9. The molecule has 1 aromatic rings. The fraction of sp³-hybridized carbons (Fsp3) is 0.750. The van der Waals surface area contributed by atoms with Crippen LogP contribution in [0.1, 0.15) is 39.5 Å². The van der Waals surface area contributed by atoms with Gasteiger partial charge in [-0.05, 0) is 26.2 Å². The summed E-state index contributed by atoms with van der Waals surface area (Å²) in [5.74, 6) is 1.37. The molecule has 2 rings (SSSR count). The highest BCUT2D eigenvalue weighted by Gasteiger charge is 2.23. The van der Waals surface area contributed by atoms with Crippen molar-refractivity contribution in [3.63, 3.8) is 0 Å². The molecule has 0 aromatic carbocycles. The molecule has 1 fully saturated rings. The SMILES string of the molecule is CCCCN(C)c1nncc(NC2CCN(C(=O)OCC)CC2)n1. The standard InChI is InChI=1S/C16H28N6O2/c1-4-6-9-21(3)15-19-14(12-17-20-15)18-13-7-10-22(11-8-13)16(23)24-5-2/h12-13H,4-11H2,1-3H3,(H,18,19,20). The van der Waals surface area contributed by atoms with Gasteiger partial charge in [-0.2, -0.15) is 10.1 Å². The third-order valence-electron chi connectivity index (χ3n) is 4.11. The van der Waals surface area contributed by atoms with Gasteiger partial charge in [0.1, 0.15) is 0 Å². The monoisotopic (exact) mass is 336 g/mol. The van der Waals surface area contributed by atoms with Crippen molar-refractivity contribution >= 4 is 17.9 Å². The van der Waals surface area contributed by atoms with Gasteiger partial charge >= 0.3 is 6.09 Å². The molecule has 0 spiro atoms. The van der Waals surface area contributed by atoms with Crippen molar-refractivity contribution in [1.82, 2.24) is 20.1 Å². The summed E-state index contributed by atoms with van der Waals surface area (Å²) in [7, 11) is 1.98. The highest BCUT2D eigenvalue weighted by molar-refractivity contribution is 5.67. The first-order chi connectivity index (χ1) is 11.6. The van der Waals surface area contributed by atoms with E-state index >= 15 is 0 Å². The van der Waals surface area contributed by atoms with Gasteiger partial charge in [0.2, 0.25) is 5.95 Å². The second kappa shape index (κ2) is 9.24. The summed E-state index contributed by atoms with van der Waals surface area (Å²) in [6, 6.07) is 0.279. The number of aromatic nitrogens is 3. The van der Waals surface area contributed by atoms with Crippen LogP contribution >= 0.6 is 0 Å². The molecule has 0 bridgehead atoms. The molecule has 0 unspecified atom stereocenters. The van der Waals surface area contributed by atoms with E-state index in [-0.39, 0.29) is 12.1 Å². The van der Waals surface area contributed by atoms with Gasteiger partial charge in [0.25, 0.3) is 0 Å². The smallest absolute Gasteiger partial charge is 0.409 e. The van der Waals surface area contributed by atoms with E-state index in [1.54, 1.807) is 11.1 Å². The summed E-state index contributed by atoms with van der Waals surface area (Å²) < 4.78 is 5.04. The van der Waals surface area contributed by atoms with Crippen LogP contribution < -0.4 is 10.2 Å². The van der Waals surface area contributed by atoms with Crippen LogP contribution in [0.25, 0.3) is 0 Å². The van der Waals surface area contributed by atoms with E-state index in [2.05, 4.69) is 27.4 Å². The maximum absolute atomic E-state index is 11.7. The van der Waals surface area contributed by atoms with Gasteiger partial charge < -0.3 is 19.9 Å². The Hall–Kier alpha value is -2.12. The third kappa shape index (κ3) is 5.21. The minimum atomic E-state index is -0.223. The number of nitrogens with zero attached hydrogens (tertiary/aromatic N) is 5. The van der Waals surface area contributed by atoms with Gasteiger partial charge in [-0.3, -0.25) is 0 Å². The Bertz CT molecular complexity index is 519. The van der Waals surface area contributed by atoms with Crippen molar-refractivity contribution in [2.45, 2.75) is 45.6 Å². The Labute approximate surface area is 143 Å². The van der Waals surface area contributed by atoms with Gasteiger partial charge in [-0.15, -0.1) is 5.10 Å². The lowest BCUT2D eigenvalue weighted by molar-refractivity contribution is 0.0983. The minimum Gasteiger partial charge on any atom is -0.450 e. The lowest BCUT2D eigenvalue weighted by Crippen LogP contribution is -2.42. The fourth-order valence-electron chi connectivity index (χ4n) is 2.65. The number of carbonyl (C=O) groups excluding carboxylic acids is 1. The number of amides is 1. The molecule has 0 radical (unpaired) electrons. The van der Waals surface area contributed by atoms with Gasteiger partial charge in [0, 0.05) is 32.7 Å². The average molecular weight is 336 g/mol. The Kier molecular flexibility index (Phi) is 7.02. The maximum Gasteiger partial charge on any atom is 0.409 e. The van der Waals surface area contributed by atoms with Crippen molar-refractivity contribution in [3.8, 4) is 0 Å². The van der Waals surface area contributed by atoms with Crippen molar-refractivity contribution in [1.29, 1.82) is 0 Å². The summed E-state index contributed by atoms with van der Waals surface area (Å²) in [5.41, 5.74) is 0. The summed E-state index contributed by atoms with van der Waals surface area (Å²) in [4.78, 5) is 20.0. The van der Waals surface area contributed by atoms with Crippen LogP contribution in [0.4, 0.5) is 16.6 Å². The topological polar surface area (TPSA) is 83.5 Å². The number of likely N-dealkylation sites (tertiary alicyclic amines) is 1. The van der Waals surface area contributed by atoms with E-state index < -0.39 is 0 Å². The molecule has 1 saturated heterocycles. The molecule has 1 N–H and O–H groups in total. The summed E-state index contributed by atoms with van der Waals surface area (Å²) in [5, 5.41) is 11.5. The normalized spacial score (nSPS) is 15.2. The molecule has 0 saturated carbocycles. The molecule has 1 aliphatic rings. The second-order valence-corrected chi connectivity index (χ2v) is 6.02. The van der Waals surface area contributed by atoms with Crippen molar-refractivity contribution in [3.05, 3.63) is 6.20 Å². The molecular formula is C16H28N6O2. The van der Waals surface area contributed by atoms with Gasteiger partial charge in [0.15, 0.2) is 5.82 Å². The predicted molar refractivity (Wildman–Crippen MR) is 93.2 cm³/mol. The van der Waals surface area contributed by atoms with Gasteiger partial charge in [-0.25, -0.2) is 4.79 Å². The number of rotatable bonds is 7. The molecule has 0 atom stereocenters. The molecule has 1 amide bonds. The molecule has 8 nitrogen and oxygen atoms in total. The van der Waals surface area contributed by atoms with E-state index in [0.717, 1.165) is 38.0 Å². The highest BCUT2D eigenvalue weighted by atomic mass is 16.6. The Morgan fingerprint density at radius 2 is 2.17 bits per heavy atom. The number of hydrogen-bond donors (Lipinski definition) is 1. The predicted octanol–water partition coefficient (Wildman–Crippen LogP) is 2.14. The number of ether oxygens (including phenoxy) is 1. The van der Waals surface area contributed by atoms with Crippen LogP contribution in [0, 0.1) is 0 Å². The Morgan fingerprint density at radius 1 is 1.42 bits per heavy atom. The molecule has 8 heteroatoms. The molecule has 1 aliphatic heterocycles. The van der Waals surface area contributed by atoms with Crippen molar-refractivity contribution < 1.29 is 9.53 Å². The zero-order chi connectivity index (χ0) is 17.4. The highest BCUT2D eigenvalue weighted by Crippen LogP contribution is 2.16. The van der Waals surface area contributed by atoms with Crippen LogP contribution in [-0.2, 0) is 4.74 Å². The zero-order valence-electron chi connectivity index (χ0n) is 14.9. The molecular weight excluding hydrogens is 308 g/mol. The van der Waals surface area contributed by atoms with E-state index in [1.165, 1.54) is 0 Å². The van der Waals surface area contributed by atoms with Crippen LogP contribution in [-0.4, -0.2) is 65.5 Å². The van der Waals surface area contributed by atoms with Crippen molar-refractivity contribution in [2.75, 3.05) is 43.5 Å². The van der Waals surface area contributed by atoms with E-state index in [9.17, 15) is 4.79 Å². The van der Waals surface area contributed by atoms with E-state index in [1.807, 2.05) is 18.9 Å². The van der Waals surface area contributed by atoms with E-state index in [4.69, 9.17) is 4.74 Å². The number of carbonyl (C=O) groups is 1. The molecule has 134 valence electrons. The third-order valence-corrected chi connectivity index (χ3v) is 4.11. The average Bonchev–Trinajstić information content (AvgIpc) is 2.60. The van der Waals surface area contributed by atoms with Gasteiger partial charge in [-0.1, -0.05) is 13.3 Å². The molecule has 24 heavy (non-hydrogen) atoms. The number of unbranched alkanes of at least 4 members (excludes halogenated alkanes) is 1. The Morgan fingerprint density at radius 3 is 2.83 bits per heavy atom. The fourth-order valence-corrected chi connectivity index (χ4v) is 2.65. The largest absolute Gasteiger partial charge is 0.450 e. The summed E-state index contributed by atoms with van der Waals surface area (Å²) in [6.45, 7) is 6.70. The first-order valence-corrected chi connectivity index (χ1v) is 8.73. The van der Waals surface area contributed by atoms with Crippen LogP contribution in [0.5, 0.6) is 0 Å². The lowest BCUT2D eigenvalue weighted by Gasteiger charge is -2.31. The lowest BCUT2D eigenvalue weighted by atomic mass is 10.1. The van der Waals surface area contributed by atoms with Crippen LogP contribution in [0.3, 0.4) is 0 Å². The summed E-state index contributed by atoms with van der Waals surface area (Å²) >= 11 is 0. The number of anilines is 2. The van der Waals surface area contributed by atoms with Gasteiger partial charge in [0.05, 0.1) is 12.8 Å². The minimum absolute atomic E-state index is 0.223. The first-order valence-electron chi connectivity index (χ1n) is 8.73. The molecule has 0 aliphatic carbocycles. The first kappa shape index (κ1) is 18.2. The summed E-state index contributed by atoms with van der Waals surface area (Å²) in [6.07, 6.45) is 5.39. The van der Waals surface area contributed by atoms with Crippen LogP contribution in [0.2, 0.25) is 0 Å². The number of nitrogens with one attached hydrogen (secondary N) is 1. The molecule has 1 aromatic heterocycles.